The number of halogens is 2. The van der Waals surface area contributed by atoms with Gasteiger partial charge in [-0.3, -0.25) is 0 Å². The zero-order chi connectivity index (χ0) is 15.1. The topological polar surface area (TPSA) is 50.7 Å². The summed E-state index contributed by atoms with van der Waals surface area (Å²) in [4.78, 5) is 14.8. The van der Waals surface area contributed by atoms with E-state index in [0.29, 0.717) is 5.82 Å². The molecule has 3 aromatic rings. The molecule has 21 heavy (non-hydrogen) atoms. The van der Waals surface area contributed by atoms with Crippen molar-refractivity contribution in [3.63, 3.8) is 0 Å². The van der Waals surface area contributed by atoms with Gasteiger partial charge < -0.3 is 5.32 Å². The quantitative estimate of drug-likeness (QED) is 0.629. The summed E-state index contributed by atoms with van der Waals surface area (Å²) in [6, 6.07) is 4.00. The molecule has 0 aliphatic rings. The van der Waals surface area contributed by atoms with Crippen LogP contribution in [0.1, 0.15) is 10.7 Å². The highest BCUT2D eigenvalue weighted by atomic mass is 79.9. The summed E-state index contributed by atoms with van der Waals surface area (Å²) >= 11 is 8.70. The Bertz CT molecular complexity index is 845. The molecule has 0 atom stereocenters. The number of aromatic nitrogens is 3. The van der Waals surface area contributed by atoms with Crippen LogP contribution in [0.3, 0.4) is 0 Å². The minimum atomic E-state index is 0.706. The number of nitrogens with one attached hydrogen (secondary N) is 1. The van der Waals surface area contributed by atoms with Gasteiger partial charge in [0.2, 0.25) is 0 Å². The summed E-state index contributed by atoms with van der Waals surface area (Å²) in [5.41, 5.74) is 1.85. The van der Waals surface area contributed by atoms with Crippen LogP contribution in [0.15, 0.2) is 21.1 Å². The lowest BCUT2D eigenvalue weighted by atomic mass is 10.2. The van der Waals surface area contributed by atoms with Crippen molar-refractivity contribution in [1.29, 1.82) is 0 Å². The molecular weight excluding hydrogens is 416 g/mol. The van der Waals surface area contributed by atoms with E-state index in [9.17, 15) is 0 Å². The van der Waals surface area contributed by atoms with E-state index in [1.165, 1.54) is 0 Å². The molecule has 7 heteroatoms. The van der Waals surface area contributed by atoms with Crippen molar-refractivity contribution >= 4 is 59.9 Å². The number of aryl methyl sites for hydroxylation is 2. The minimum absolute atomic E-state index is 0.706. The first kappa shape index (κ1) is 14.9. The first-order valence-electron chi connectivity index (χ1n) is 6.28. The number of anilines is 1. The fourth-order valence-electron chi connectivity index (χ4n) is 2.19. The highest BCUT2D eigenvalue weighted by molar-refractivity contribution is 9.11. The lowest BCUT2D eigenvalue weighted by Crippen LogP contribution is -1.99. The van der Waals surface area contributed by atoms with Gasteiger partial charge in [-0.25, -0.2) is 15.0 Å². The average Bonchev–Trinajstić information content (AvgIpc) is 2.77. The predicted molar refractivity (Wildman–Crippen MR) is 95.1 cm³/mol. The number of hydrogen-bond donors (Lipinski definition) is 1. The van der Waals surface area contributed by atoms with E-state index in [1.807, 2.05) is 33.0 Å². The van der Waals surface area contributed by atoms with Crippen LogP contribution in [0, 0.1) is 13.8 Å². The van der Waals surface area contributed by atoms with Crippen molar-refractivity contribution in [2.45, 2.75) is 13.8 Å². The molecule has 0 fully saturated rings. The Morgan fingerprint density at radius 3 is 2.48 bits per heavy atom. The molecule has 0 saturated carbocycles. The van der Waals surface area contributed by atoms with E-state index in [1.54, 1.807) is 11.3 Å². The molecule has 0 amide bonds. The predicted octanol–water partition coefficient (Wildman–Crippen LogP) is 4.94. The van der Waals surface area contributed by atoms with E-state index in [4.69, 9.17) is 4.98 Å². The number of rotatable bonds is 2. The summed E-state index contributed by atoms with van der Waals surface area (Å²) in [5, 5.41) is 5.15. The molecule has 1 N–H and O–H groups in total. The molecule has 108 valence electrons. The SMILES string of the molecule is CNc1nc(-c2sc(C)nc2C)nc2c(Br)cc(Br)cc12. The van der Waals surface area contributed by atoms with Gasteiger partial charge in [-0.15, -0.1) is 11.3 Å². The first-order chi connectivity index (χ1) is 9.99. The molecule has 0 aliphatic heterocycles. The third-order valence-corrected chi connectivity index (χ3v) is 5.19. The van der Waals surface area contributed by atoms with Crippen molar-refractivity contribution in [2.24, 2.45) is 0 Å². The van der Waals surface area contributed by atoms with Crippen LogP contribution in [0.2, 0.25) is 0 Å². The van der Waals surface area contributed by atoms with Gasteiger partial charge in [0.15, 0.2) is 5.82 Å². The second kappa shape index (κ2) is 5.62. The Morgan fingerprint density at radius 1 is 1.10 bits per heavy atom. The van der Waals surface area contributed by atoms with Gasteiger partial charge in [-0.1, -0.05) is 15.9 Å². The van der Waals surface area contributed by atoms with Crippen molar-refractivity contribution in [2.75, 3.05) is 12.4 Å². The maximum atomic E-state index is 4.72. The summed E-state index contributed by atoms with van der Waals surface area (Å²) in [6.07, 6.45) is 0. The normalized spacial score (nSPS) is 11.1. The van der Waals surface area contributed by atoms with Crippen LogP contribution in [0.25, 0.3) is 21.6 Å². The van der Waals surface area contributed by atoms with E-state index in [0.717, 1.165) is 41.2 Å². The van der Waals surface area contributed by atoms with E-state index < -0.39 is 0 Å². The average molecular weight is 428 g/mol. The van der Waals surface area contributed by atoms with Crippen LogP contribution < -0.4 is 5.32 Å². The van der Waals surface area contributed by atoms with E-state index in [2.05, 4.69) is 47.1 Å². The van der Waals surface area contributed by atoms with E-state index >= 15 is 0 Å². The fourth-order valence-corrected chi connectivity index (χ4v) is 4.36. The van der Waals surface area contributed by atoms with Crippen molar-refractivity contribution in [3.8, 4) is 10.7 Å². The zero-order valence-corrected chi connectivity index (χ0v) is 15.6. The maximum Gasteiger partial charge on any atom is 0.174 e. The van der Waals surface area contributed by atoms with Gasteiger partial charge in [0.1, 0.15) is 5.82 Å². The second-order valence-corrected chi connectivity index (χ2v) is 7.55. The molecule has 0 spiro atoms. The summed E-state index contributed by atoms with van der Waals surface area (Å²) in [6.45, 7) is 3.98. The Labute approximate surface area is 143 Å². The third kappa shape index (κ3) is 2.69. The largest absolute Gasteiger partial charge is 0.373 e. The molecule has 0 radical (unpaired) electrons. The Hall–Kier alpha value is -1.05. The first-order valence-corrected chi connectivity index (χ1v) is 8.69. The molecule has 0 bridgehead atoms. The number of benzene rings is 1. The molecule has 2 heterocycles. The molecule has 0 saturated heterocycles. The summed E-state index contributed by atoms with van der Waals surface area (Å²) in [7, 11) is 1.87. The molecule has 3 rings (SSSR count). The zero-order valence-electron chi connectivity index (χ0n) is 11.7. The number of hydrogen-bond acceptors (Lipinski definition) is 5. The Balaban J connectivity index is 2.34. The van der Waals surface area contributed by atoms with Gasteiger partial charge >= 0.3 is 0 Å². The maximum absolute atomic E-state index is 4.72. The molecule has 0 unspecified atom stereocenters. The summed E-state index contributed by atoms with van der Waals surface area (Å²) < 4.78 is 1.92. The number of thiazole rings is 1. The smallest absolute Gasteiger partial charge is 0.174 e. The third-order valence-electron chi connectivity index (χ3n) is 3.06. The van der Waals surface area contributed by atoms with Gasteiger partial charge in [0.05, 0.1) is 21.1 Å². The number of nitrogens with zero attached hydrogens (tertiary/aromatic N) is 3. The van der Waals surface area contributed by atoms with Crippen LogP contribution >= 0.6 is 43.2 Å². The van der Waals surface area contributed by atoms with E-state index in [-0.39, 0.29) is 0 Å². The molecule has 2 aromatic heterocycles. The highest BCUT2D eigenvalue weighted by Crippen LogP contribution is 2.34. The van der Waals surface area contributed by atoms with Gasteiger partial charge in [-0.2, -0.15) is 0 Å². The highest BCUT2D eigenvalue weighted by Gasteiger charge is 2.15. The fraction of sp³-hybridized carbons (Fsp3) is 0.214. The van der Waals surface area contributed by atoms with Gasteiger partial charge in [0.25, 0.3) is 0 Å². The molecule has 0 aliphatic carbocycles. The standard InChI is InChI=1S/C14H12Br2N4S/c1-6-12(21-7(2)18-6)14-19-11-9(13(17-3)20-14)4-8(15)5-10(11)16/h4-5H,1-3H3,(H,17,19,20). The van der Waals surface area contributed by atoms with Gasteiger partial charge in [0, 0.05) is 21.4 Å². The van der Waals surface area contributed by atoms with Crippen LogP contribution in [-0.4, -0.2) is 22.0 Å². The van der Waals surface area contributed by atoms with Crippen molar-refractivity contribution in [1.82, 2.24) is 15.0 Å². The molecule has 1 aromatic carbocycles. The minimum Gasteiger partial charge on any atom is -0.373 e. The monoisotopic (exact) mass is 426 g/mol. The van der Waals surface area contributed by atoms with Crippen LogP contribution in [0.5, 0.6) is 0 Å². The second-order valence-electron chi connectivity index (χ2n) is 4.58. The van der Waals surface area contributed by atoms with Gasteiger partial charge in [-0.05, 0) is 41.9 Å². The van der Waals surface area contributed by atoms with Crippen molar-refractivity contribution < 1.29 is 0 Å². The Kier molecular flexibility index (Phi) is 3.98. The summed E-state index contributed by atoms with van der Waals surface area (Å²) in [5.74, 6) is 1.51. The lowest BCUT2D eigenvalue weighted by Gasteiger charge is -2.09. The van der Waals surface area contributed by atoms with Crippen LogP contribution in [-0.2, 0) is 0 Å². The lowest BCUT2D eigenvalue weighted by molar-refractivity contribution is 1.17. The van der Waals surface area contributed by atoms with Crippen LogP contribution in [0.4, 0.5) is 5.82 Å². The number of fused-ring (bicyclic) bond motifs is 1. The van der Waals surface area contributed by atoms with Crippen molar-refractivity contribution in [3.05, 3.63) is 31.8 Å². The molecular formula is C14H12Br2N4S. The molecule has 4 nitrogen and oxygen atoms in total. The Morgan fingerprint density at radius 2 is 1.86 bits per heavy atom.